The molecule has 0 fully saturated rings. The molecule has 25 heavy (non-hydrogen) atoms. The minimum Gasteiger partial charge on any atom is -0.497 e. The summed E-state index contributed by atoms with van der Waals surface area (Å²) in [7, 11) is 1.67. The second-order valence-corrected chi connectivity index (χ2v) is 6.18. The zero-order valence-corrected chi connectivity index (χ0v) is 15.1. The predicted octanol–water partition coefficient (Wildman–Crippen LogP) is 3.95. The Kier molecular flexibility index (Phi) is 5.56. The summed E-state index contributed by atoms with van der Waals surface area (Å²) < 4.78 is 13.2. The van der Waals surface area contributed by atoms with Crippen LogP contribution >= 0.6 is 0 Å². The van der Waals surface area contributed by atoms with E-state index in [1.165, 1.54) is 5.69 Å². The largest absolute Gasteiger partial charge is 0.497 e. The van der Waals surface area contributed by atoms with Crippen molar-refractivity contribution in [2.24, 2.45) is 0 Å². The van der Waals surface area contributed by atoms with Gasteiger partial charge in [-0.3, -0.25) is 4.68 Å². The first-order valence-corrected chi connectivity index (χ1v) is 8.60. The van der Waals surface area contributed by atoms with Crippen molar-refractivity contribution in [2.75, 3.05) is 13.7 Å². The maximum absolute atomic E-state index is 5.91. The zero-order chi connectivity index (χ0) is 17.6. The minimum atomic E-state index is 0.729. The van der Waals surface area contributed by atoms with Gasteiger partial charge in [-0.1, -0.05) is 0 Å². The van der Waals surface area contributed by atoms with Gasteiger partial charge in [-0.2, -0.15) is 5.10 Å². The first-order valence-electron chi connectivity index (χ1n) is 8.60. The molecule has 1 N–H and O–H groups in total. The number of methoxy groups -OCH3 is 1. The van der Waals surface area contributed by atoms with E-state index >= 15 is 0 Å². The van der Waals surface area contributed by atoms with E-state index in [1.54, 1.807) is 7.11 Å². The summed E-state index contributed by atoms with van der Waals surface area (Å²) in [5.74, 6) is 2.67. The van der Waals surface area contributed by atoms with E-state index < -0.39 is 0 Å². The van der Waals surface area contributed by atoms with Gasteiger partial charge in [0, 0.05) is 17.8 Å². The van der Waals surface area contributed by atoms with Gasteiger partial charge in [0.25, 0.3) is 0 Å². The van der Waals surface area contributed by atoms with Crippen molar-refractivity contribution >= 4 is 0 Å². The molecule has 0 amide bonds. The van der Waals surface area contributed by atoms with Crippen LogP contribution in [0.25, 0.3) is 11.3 Å². The molecular formula is C20H25N3O2. The highest BCUT2D eigenvalue weighted by Crippen LogP contribution is 2.24. The molecule has 3 rings (SSSR count). The van der Waals surface area contributed by atoms with Gasteiger partial charge in [0.1, 0.15) is 17.3 Å². The Hall–Kier alpha value is -2.53. The lowest BCUT2D eigenvalue weighted by atomic mass is 10.2. The highest BCUT2D eigenvalue weighted by molar-refractivity contribution is 5.58. The van der Waals surface area contributed by atoms with E-state index in [0.29, 0.717) is 0 Å². The molecule has 0 aliphatic rings. The number of ether oxygens (including phenoxy) is 1. The monoisotopic (exact) mass is 339 g/mol. The molecule has 0 saturated carbocycles. The molecule has 0 aliphatic carbocycles. The molecule has 2 heterocycles. The Morgan fingerprint density at radius 1 is 1.12 bits per heavy atom. The SMILES string of the molecule is COc1ccc(-c2ccc(CNCCCn3nc(C)cc3C)o2)cc1. The van der Waals surface area contributed by atoms with Crippen LogP contribution < -0.4 is 10.1 Å². The molecule has 1 aromatic carbocycles. The molecule has 0 bridgehead atoms. The normalized spacial score (nSPS) is 11.0. The smallest absolute Gasteiger partial charge is 0.134 e. The van der Waals surface area contributed by atoms with Crippen molar-refractivity contribution < 1.29 is 9.15 Å². The number of nitrogens with zero attached hydrogens (tertiary/aromatic N) is 2. The van der Waals surface area contributed by atoms with Crippen LogP contribution in [-0.2, 0) is 13.1 Å². The van der Waals surface area contributed by atoms with E-state index in [4.69, 9.17) is 9.15 Å². The first-order chi connectivity index (χ1) is 12.2. The molecule has 2 aromatic heterocycles. The quantitative estimate of drug-likeness (QED) is 0.631. The summed E-state index contributed by atoms with van der Waals surface area (Å²) in [6, 6.07) is 14.0. The van der Waals surface area contributed by atoms with Crippen LogP contribution in [0.4, 0.5) is 0 Å². The second-order valence-electron chi connectivity index (χ2n) is 6.18. The third kappa shape index (κ3) is 4.51. The Balaban J connectivity index is 1.44. The van der Waals surface area contributed by atoms with Gasteiger partial charge in [0.05, 0.1) is 19.3 Å². The molecule has 0 spiro atoms. The summed E-state index contributed by atoms with van der Waals surface area (Å²) in [6.07, 6.45) is 1.04. The van der Waals surface area contributed by atoms with Crippen LogP contribution in [0.15, 0.2) is 46.9 Å². The lowest BCUT2D eigenvalue weighted by Crippen LogP contribution is -2.16. The van der Waals surface area contributed by atoms with Crippen LogP contribution in [0.3, 0.4) is 0 Å². The third-order valence-electron chi connectivity index (χ3n) is 4.16. The van der Waals surface area contributed by atoms with Crippen LogP contribution in [0, 0.1) is 13.8 Å². The Morgan fingerprint density at radius 3 is 2.60 bits per heavy atom. The number of furan rings is 1. The van der Waals surface area contributed by atoms with E-state index in [2.05, 4.69) is 28.1 Å². The van der Waals surface area contributed by atoms with Crippen LogP contribution in [0.2, 0.25) is 0 Å². The van der Waals surface area contributed by atoms with Gasteiger partial charge >= 0.3 is 0 Å². The van der Waals surface area contributed by atoms with Crippen molar-refractivity contribution in [1.82, 2.24) is 15.1 Å². The predicted molar refractivity (Wildman–Crippen MR) is 98.7 cm³/mol. The van der Waals surface area contributed by atoms with Gasteiger partial charge in [0.15, 0.2) is 0 Å². The molecule has 132 valence electrons. The van der Waals surface area contributed by atoms with Crippen LogP contribution in [-0.4, -0.2) is 23.4 Å². The maximum atomic E-state index is 5.91. The highest BCUT2D eigenvalue weighted by atomic mass is 16.5. The van der Waals surface area contributed by atoms with Crippen molar-refractivity contribution in [3.05, 3.63) is 59.6 Å². The standard InChI is InChI=1S/C20H25N3O2/c1-15-13-16(2)23(22-15)12-4-11-21-14-19-9-10-20(25-19)17-5-7-18(24-3)8-6-17/h5-10,13,21H,4,11-12,14H2,1-3H3. The zero-order valence-electron chi connectivity index (χ0n) is 15.1. The topological polar surface area (TPSA) is 52.2 Å². The van der Waals surface area contributed by atoms with Crippen molar-refractivity contribution in [2.45, 2.75) is 33.4 Å². The summed E-state index contributed by atoms with van der Waals surface area (Å²) >= 11 is 0. The average Bonchev–Trinajstić information content (AvgIpc) is 3.21. The molecular weight excluding hydrogens is 314 g/mol. The lowest BCUT2D eigenvalue weighted by Gasteiger charge is -2.05. The molecule has 5 heteroatoms. The van der Waals surface area contributed by atoms with Crippen molar-refractivity contribution in [1.29, 1.82) is 0 Å². The number of nitrogens with one attached hydrogen (secondary N) is 1. The van der Waals surface area contributed by atoms with Gasteiger partial charge in [-0.25, -0.2) is 0 Å². The molecule has 0 unspecified atom stereocenters. The fraction of sp³-hybridized carbons (Fsp3) is 0.350. The van der Waals surface area contributed by atoms with Gasteiger partial charge < -0.3 is 14.5 Å². The minimum absolute atomic E-state index is 0.729. The molecule has 0 atom stereocenters. The van der Waals surface area contributed by atoms with E-state index in [9.17, 15) is 0 Å². The summed E-state index contributed by atoms with van der Waals surface area (Å²) in [6.45, 7) is 6.71. The van der Waals surface area contributed by atoms with Crippen molar-refractivity contribution in [3.8, 4) is 17.1 Å². The number of benzene rings is 1. The highest BCUT2D eigenvalue weighted by Gasteiger charge is 2.05. The Morgan fingerprint density at radius 2 is 1.92 bits per heavy atom. The van der Waals surface area contributed by atoms with Crippen LogP contribution in [0.1, 0.15) is 23.6 Å². The fourth-order valence-electron chi connectivity index (χ4n) is 2.85. The summed E-state index contributed by atoms with van der Waals surface area (Å²) in [5, 5.41) is 7.90. The van der Waals surface area contributed by atoms with Gasteiger partial charge in [-0.15, -0.1) is 0 Å². The Labute approximate surface area is 148 Å². The Bertz CT molecular complexity index is 803. The van der Waals surface area contributed by atoms with Gasteiger partial charge in [-0.05, 0) is 69.3 Å². The molecule has 5 nitrogen and oxygen atoms in total. The maximum Gasteiger partial charge on any atom is 0.134 e. The molecule has 0 radical (unpaired) electrons. The van der Waals surface area contributed by atoms with Gasteiger partial charge in [0.2, 0.25) is 0 Å². The number of hydrogen-bond donors (Lipinski definition) is 1. The van der Waals surface area contributed by atoms with E-state index in [1.807, 2.05) is 43.3 Å². The van der Waals surface area contributed by atoms with E-state index in [0.717, 1.165) is 54.6 Å². The first kappa shape index (κ1) is 17.3. The van der Waals surface area contributed by atoms with Crippen LogP contribution in [0.5, 0.6) is 5.75 Å². The number of aryl methyl sites for hydroxylation is 3. The molecule has 0 saturated heterocycles. The number of rotatable bonds is 8. The molecule has 3 aromatic rings. The third-order valence-corrected chi connectivity index (χ3v) is 4.16. The lowest BCUT2D eigenvalue weighted by molar-refractivity contribution is 0.415. The fourth-order valence-corrected chi connectivity index (χ4v) is 2.85. The van der Waals surface area contributed by atoms with E-state index in [-0.39, 0.29) is 0 Å². The molecule has 0 aliphatic heterocycles. The number of hydrogen-bond acceptors (Lipinski definition) is 4. The second kappa shape index (κ2) is 8.03. The summed E-state index contributed by atoms with van der Waals surface area (Å²) in [4.78, 5) is 0. The van der Waals surface area contributed by atoms with Crippen molar-refractivity contribution in [3.63, 3.8) is 0 Å². The summed E-state index contributed by atoms with van der Waals surface area (Å²) in [5.41, 5.74) is 3.34. The number of aromatic nitrogens is 2. The average molecular weight is 339 g/mol.